The highest BCUT2D eigenvalue weighted by molar-refractivity contribution is 5.91. The Morgan fingerprint density at radius 2 is 1.64 bits per heavy atom. The van der Waals surface area contributed by atoms with Gasteiger partial charge in [0.25, 0.3) is 5.91 Å². The minimum Gasteiger partial charge on any atom is -0.372 e. The van der Waals surface area contributed by atoms with E-state index >= 15 is 0 Å². The summed E-state index contributed by atoms with van der Waals surface area (Å²) in [4.78, 5) is 15.0. The van der Waals surface area contributed by atoms with E-state index in [4.69, 9.17) is 0 Å². The highest BCUT2D eigenvalue weighted by atomic mass is 16.3. The molecule has 25 heavy (non-hydrogen) atoms. The number of amides is 1. The van der Waals surface area contributed by atoms with Gasteiger partial charge in [-0.25, -0.2) is 0 Å². The lowest BCUT2D eigenvalue weighted by molar-refractivity contribution is -0.148. The summed E-state index contributed by atoms with van der Waals surface area (Å²) in [7, 11) is 0. The number of nitrogens with one attached hydrogen (secondary N) is 1. The third kappa shape index (κ3) is 3.11. The van der Waals surface area contributed by atoms with Crippen molar-refractivity contribution in [3.05, 3.63) is 84.6 Å². The second-order valence-corrected chi connectivity index (χ2v) is 6.50. The molecule has 4 heteroatoms. The third-order valence-electron chi connectivity index (χ3n) is 5.06. The molecule has 2 aromatic carbocycles. The molecule has 1 heterocycles. The van der Waals surface area contributed by atoms with Gasteiger partial charge in [0.15, 0.2) is 5.60 Å². The molecule has 3 rings (SSSR count). The highest BCUT2D eigenvalue weighted by Gasteiger charge is 2.44. The molecule has 0 aromatic heterocycles. The topological polar surface area (TPSA) is 52.6 Å². The second-order valence-electron chi connectivity index (χ2n) is 6.50. The highest BCUT2D eigenvalue weighted by Crippen LogP contribution is 2.33. The number of hydrogen-bond donors (Lipinski definition) is 2. The number of aliphatic hydroxyl groups is 1. The molecular weight excluding hydrogens is 312 g/mol. The first-order valence-electron chi connectivity index (χ1n) is 8.58. The quantitative estimate of drug-likeness (QED) is 0.852. The molecular formula is C21H24N2O2. The van der Waals surface area contributed by atoms with E-state index in [-0.39, 0.29) is 11.9 Å². The van der Waals surface area contributed by atoms with Crippen molar-refractivity contribution in [2.45, 2.75) is 18.6 Å². The van der Waals surface area contributed by atoms with Gasteiger partial charge in [0.2, 0.25) is 0 Å². The molecule has 4 nitrogen and oxygen atoms in total. The van der Waals surface area contributed by atoms with Crippen LogP contribution in [0.4, 0.5) is 0 Å². The van der Waals surface area contributed by atoms with Gasteiger partial charge in [0.1, 0.15) is 0 Å². The predicted molar refractivity (Wildman–Crippen MR) is 98.7 cm³/mol. The van der Waals surface area contributed by atoms with Gasteiger partial charge in [0, 0.05) is 25.0 Å². The molecule has 1 fully saturated rings. The smallest absolute Gasteiger partial charge is 0.268 e. The van der Waals surface area contributed by atoms with Crippen molar-refractivity contribution in [2.75, 3.05) is 13.1 Å². The average molecular weight is 336 g/mol. The van der Waals surface area contributed by atoms with Gasteiger partial charge >= 0.3 is 0 Å². The molecule has 130 valence electrons. The van der Waals surface area contributed by atoms with E-state index in [9.17, 15) is 9.90 Å². The summed E-state index contributed by atoms with van der Waals surface area (Å²) < 4.78 is 0. The normalized spacial score (nSPS) is 15.9. The molecule has 1 amide bonds. The van der Waals surface area contributed by atoms with Crippen molar-refractivity contribution in [3.63, 3.8) is 0 Å². The summed E-state index contributed by atoms with van der Waals surface area (Å²) in [6.45, 7) is 7.56. The van der Waals surface area contributed by atoms with Gasteiger partial charge in [-0.2, -0.15) is 0 Å². The Bertz CT molecular complexity index is 687. The zero-order valence-corrected chi connectivity index (χ0v) is 14.4. The van der Waals surface area contributed by atoms with Gasteiger partial charge in [0.05, 0.1) is 0 Å². The van der Waals surface area contributed by atoms with E-state index in [1.165, 1.54) is 6.20 Å². The fraction of sp³-hybridized carbons (Fsp3) is 0.286. The number of carbonyl (C=O) groups is 1. The van der Waals surface area contributed by atoms with Crippen LogP contribution in [0, 0.1) is 5.92 Å². The van der Waals surface area contributed by atoms with Crippen LogP contribution in [-0.2, 0) is 10.4 Å². The number of rotatable bonds is 6. The van der Waals surface area contributed by atoms with Gasteiger partial charge < -0.3 is 15.3 Å². The molecule has 0 aliphatic carbocycles. The Hall–Kier alpha value is -2.43. The Kier molecular flexibility index (Phi) is 5.02. The van der Waals surface area contributed by atoms with Crippen LogP contribution in [0.25, 0.3) is 0 Å². The fourth-order valence-electron chi connectivity index (χ4n) is 3.27. The summed E-state index contributed by atoms with van der Waals surface area (Å²) in [6.07, 6.45) is 1.53. The number of benzene rings is 2. The molecule has 1 saturated heterocycles. The standard InChI is InChI=1S/C21H24N2O2/c1-3-23(16(2)17-14-22-15-17)20(24)21(25,18-10-6-4-7-11-18)19-12-8-5-9-13-19/h3-13,16-17,22,25H,1,14-15H2,2H3. The Morgan fingerprint density at radius 1 is 1.16 bits per heavy atom. The first kappa shape index (κ1) is 17.4. The summed E-state index contributed by atoms with van der Waals surface area (Å²) in [5.41, 5.74) is -0.642. The number of hydrogen-bond acceptors (Lipinski definition) is 3. The minimum absolute atomic E-state index is 0.0369. The monoisotopic (exact) mass is 336 g/mol. The minimum atomic E-state index is -1.75. The van der Waals surface area contributed by atoms with E-state index in [0.717, 1.165) is 13.1 Å². The van der Waals surface area contributed by atoms with Gasteiger partial charge in [-0.1, -0.05) is 67.2 Å². The maximum absolute atomic E-state index is 13.5. The average Bonchev–Trinajstić information content (AvgIpc) is 2.61. The maximum Gasteiger partial charge on any atom is 0.268 e. The molecule has 2 N–H and O–H groups in total. The second kappa shape index (κ2) is 7.21. The fourth-order valence-corrected chi connectivity index (χ4v) is 3.27. The van der Waals surface area contributed by atoms with E-state index < -0.39 is 5.60 Å². The Balaban J connectivity index is 2.04. The lowest BCUT2D eigenvalue weighted by Crippen LogP contribution is -2.56. The van der Waals surface area contributed by atoms with Crippen molar-refractivity contribution >= 4 is 5.91 Å². The Labute approximate surface area is 148 Å². The number of carbonyl (C=O) groups excluding carboxylic acids is 1. The van der Waals surface area contributed by atoms with Crippen LogP contribution < -0.4 is 5.32 Å². The summed E-state index contributed by atoms with van der Waals surface area (Å²) in [5, 5.41) is 14.8. The summed E-state index contributed by atoms with van der Waals surface area (Å²) in [6, 6.07) is 18.1. The zero-order valence-electron chi connectivity index (χ0n) is 14.4. The van der Waals surface area contributed by atoms with Crippen molar-refractivity contribution < 1.29 is 9.90 Å². The van der Waals surface area contributed by atoms with E-state index in [1.54, 1.807) is 29.2 Å². The van der Waals surface area contributed by atoms with E-state index in [1.807, 2.05) is 43.3 Å². The molecule has 2 aromatic rings. The van der Waals surface area contributed by atoms with Crippen LogP contribution >= 0.6 is 0 Å². The van der Waals surface area contributed by atoms with Crippen LogP contribution in [-0.4, -0.2) is 35.0 Å². The van der Waals surface area contributed by atoms with Crippen LogP contribution in [0.2, 0.25) is 0 Å². The van der Waals surface area contributed by atoms with Crippen molar-refractivity contribution in [3.8, 4) is 0 Å². The number of nitrogens with zero attached hydrogens (tertiary/aromatic N) is 1. The first-order chi connectivity index (χ1) is 12.1. The molecule has 1 aliphatic rings. The molecule has 1 aliphatic heterocycles. The maximum atomic E-state index is 13.5. The third-order valence-corrected chi connectivity index (χ3v) is 5.06. The lowest BCUT2D eigenvalue weighted by atomic mass is 9.83. The zero-order chi connectivity index (χ0) is 17.9. The van der Waals surface area contributed by atoms with Crippen molar-refractivity contribution in [1.82, 2.24) is 10.2 Å². The first-order valence-corrected chi connectivity index (χ1v) is 8.58. The van der Waals surface area contributed by atoms with Gasteiger partial charge in [-0.05, 0) is 24.3 Å². The molecule has 1 unspecified atom stereocenters. The van der Waals surface area contributed by atoms with Crippen LogP contribution in [0.15, 0.2) is 73.4 Å². The van der Waals surface area contributed by atoms with E-state index in [2.05, 4.69) is 11.9 Å². The molecule has 1 atom stereocenters. The van der Waals surface area contributed by atoms with Crippen LogP contribution in [0.1, 0.15) is 18.1 Å². The predicted octanol–water partition coefficient (Wildman–Crippen LogP) is 2.50. The largest absolute Gasteiger partial charge is 0.372 e. The summed E-state index contributed by atoms with van der Waals surface area (Å²) in [5.74, 6) is -0.0166. The lowest BCUT2D eigenvalue weighted by Gasteiger charge is -2.41. The van der Waals surface area contributed by atoms with Crippen molar-refractivity contribution in [2.24, 2.45) is 5.92 Å². The van der Waals surface area contributed by atoms with Crippen molar-refractivity contribution in [1.29, 1.82) is 0 Å². The Morgan fingerprint density at radius 3 is 2.00 bits per heavy atom. The molecule has 0 spiro atoms. The van der Waals surface area contributed by atoms with Crippen LogP contribution in [0.3, 0.4) is 0 Å². The molecule has 0 radical (unpaired) electrons. The molecule has 0 saturated carbocycles. The van der Waals surface area contributed by atoms with Crippen LogP contribution in [0.5, 0.6) is 0 Å². The van der Waals surface area contributed by atoms with Gasteiger partial charge in [-0.3, -0.25) is 4.79 Å². The van der Waals surface area contributed by atoms with Gasteiger partial charge in [-0.15, -0.1) is 0 Å². The molecule has 0 bridgehead atoms. The van der Waals surface area contributed by atoms with E-state index in [0.29, 0.717) is 17.0 Å². The summed E-state index contributed by atoms with van der Waals surface area (Å²) >= 11 is 0. The SMILES string of the molecule is C=CN(C(=O)C(O)(c1ccccc1)c1ccccc1)C(C)C1CNC1.